The van der Waals surface area contributed by atoms with E-state index in [1.165, 1.54) is 16.8 Å². The molecule has 4 nitrogen and oxygen atoms in total. The van der Waals surface area contributed by atoms with E-state index in [2.05, 4.69) is 33.0 Å². The molecule has 1 unspecified atom stereocenters. The van der Waals surface area contributed by atoms with Gasteiger partial charge < -0.3 is 14.9 Å². The van der Waals surface area contributed by atoms with Crippen LogP contribution in [0.1, 0.15) is 41.2 Å². The van der Waals surface area contributed by atoms with E-state index in [0.29, 0.717) is 6.04 Å². The second-order valence-corrected chi connectivity index (χ2v) is 8.96. The molecule has 1 atom stereocenters. The molecule has 1 N–H and O–H groups in total. The maximum absolute atomic E-state index is 13.1. The van der Waals surface area contributed by atoms with Crippen molar-refractivity contribution in [2.75, 3.05) is 31.1 Å². The maximum Gasteiger partial charge on any atom is 0.123 e. The van der Waals surface area contributed by atoms with Crippen molar-refractivity contribution in [3.63, 3.8) is 0 Å². The van der Waals surface area contributed by atoms with E-state index in [1.807, 2.05) is 24.3 Å². The number of anilines is 1. The molecule has 0 radical (unpaired) electrons. The fourth-order valence-corrected chi connectivity index (χ4v) is 5.10. The highest BCUT2D eigenvalue weighted by Gasteiger charge is 2.30. The van der Waals surface area contributed by atoms with Crippen molar-refractivity contribution < 1.29 is 9.50 Å². The Labute approximate surface area is 189 Å². The van der Waals surface area contributed by atoms with Gasteiger partial charge >= 0.3 is 0 Å². The van der Waals surface area contributed by atoms with Crippen molar-refractivity contribution in [3.8, 4) is 0 Å². The lowest BCUT2D eigenvalue weighted by Crippen LogP contribution is -2.45. The highest BCUT2D eigenvalue weighted by Crippen LogP contribution is 2.35. The van der Waals surface area contributed by atoms with E-state index in [9.17, 15) is 9.50 Å². The molecule has 2 aliphatic heterocycles. The van der Waals surface area contributed by atoms with Crippen LogP contribution in [0.2, 0.25) is 0 Å². The summed E-state index contributed by atoms with van der Waals surface area (Å²) >= 11 is 0. The van der Waals surface area contributed by atoms with Gasteiger partial charge in [-0.1, -0.05) is 24.3 Å². The Bertz CT molecular complexity index is 1030. The molecule has 1 saturated heterocycles. The summed E-state index contributed by atoms with van der Waals surface area (Å²) in [5.74, 6) is -0.170. The molecular weight excluding hydrogens is 401 g/mol. The number of aliphatic hydroxyl groups is 1. The zero-order valence-electron chi connectivity index (χ0n) is 18.3. The molecule has 1 fully saturated rings. The number of aromatic nitrogens is 1. The smallest absolute Gasteiger partial charge is 0.123 e. The lowest BCUT2D eigenvalue weighted by Gasteiger charge is -2.38. The van der Waals surface area contributed by atoms with Gasteiger partial charge in [-0.3, -0.25) is 4.98 Å². The van der Waals surface area contributed by atoms with Crippen molar-refractivity contribution in [1.29, 1.82) is 0 Å². The number of likely N-dealkylation sites (tertiary alicyclic amines) is 1. The van der Waals surface area contributed by atoms with Gasteiger partial charge in [-0.25, -0.2) is 4.39 Å². The van der Waals surface area contributed by atoms with Crippen LogP contribution in [0.15, 0.2) is 67.0 Å². The number of piperidine rings is 1. The predicted octanol–water partition coefficient (Wildman–Crippen LogP) is 4.37. The Morgan fingerprint density at radius 2 is 1.69 bits per heavy atom. The number of aliphatic hydroxyl groups excluding tert-OH is 1. The summed E-state index contributed by atoms with van der Waals surface area (Å²) in [6.07, 6.45) is 7.17. The number of nitrogens with zero attached hydrogens (tertiary/aromatic N) is 3. The molecule has 0 amide bonds. The van der Waals surface area contributed by atoms with Crippen LogP contribution in [0.5, 0.6) is 0 Å². The lowest BCUT2D eigenvalue weighted by molar-refractivity contribution is 0.211. The molecular formula is C27H30FN3O. The highest BCUT2D eigenvalue weighted by molar-refractivity contribution is 5.61. The predicted molar refractivity (Wildman–Crippen MR) is 125 cm³/mol. The van der Waals surface area contributed by atoms with Gasteiger partial charge in [0.05, 0.1) is 0 Å². The first-order valence-corrected chi connectivity index (χ1v) is 11.6. The van der Waals surface area contributed by atoms with Gasteiger partial charge in [0.25, 0.3) is 0 Å². The van der Waals surface area contributed by atoms with Crippen LogP contribution in [0, 0.1) is 5.82 Å². The second kappa shape index (κ2) is 9.39. The third-order valence-corrected chi connectivity index (χ3v) is 7.01. The van der Waals surface area contributed by atoms with E-state index >= 15 is 0 Å². The maximum atomic E-state index is 13.1. The topological polar surface area (TPSA) is 39.6 Å². The molecule has 2 aliphatic rings. The molecule has 166 valence electrons. The summed E-state index contributed by atoms with van der Waals surface area (Å²) < 4.78 is 13.1. The average molecular weight is 432 g/mol. The van der Waals surface area contributed by atoms with Crippen LogP contribution in [0.25, 0.3) is 0 Å². The van der Waals surface area contributed by atoms with Crippen LogP contribution in [-0.2, 0) is 12.8 Å². The molecule has 0 aliphatic carbocycles. The third-order valence-electron chi connectivity index (χ3n) is 7.01. The minimum atomic E-state index is -0.626. The van der Waals surface area contributed by atoms with E-state index < -0.39 is 6.10 Å². The second-order valence-electron chi connectivity index (χ2n) is 8.96. The first-order chi connectivity index (χ1) is 15.7. The lowest BCUT2D eigenvalue weighted by atomic mass is 9.99. The van der Waals surface area contributed by atoms with Crippen molar-refractivity contribution in [3.05, 3.63) is 95.1 Å². The van der Waals surface area contributed by atoms with Crippen molar-refractivity contribution in [2.45, 2.75) is 37.8 Å². The van der Waals surface area contributed by atoms with Crippen LogP contribution in [-0.4, -0.2) is 47.2 Å². The van der Waals surface area contributed by atoms with Gasteiger partial charge in [-0.2, -0.15) is 0 Å². The molecule has 3 aromatic rings. The summed E-state index contributed by atoms with van der Waals surface area (Å²) in [6.45, 7) is 4.27. The van der Waals surface area contributed by atoms with Gasteiger partial charge in [0.2, 0.25) is 0 Å². The minimum Gasteiger partial charge on any atom is -0.384 e. The average Bonchev–Trinajstić information content (AvgIpc) is 3.27. The first kappa shape index (κ1) is 21.1. The first-order valence-electron chi connectivity index (χ1n) is 11.6. The van der Waals surface area contributed by atoms with E-state index in [0.717, 1.165) is 63.0 Å². The van der Waals surface area contributed by atoms with Crippen LogP contribution >= 0.6 is 0 Å². The van der Waals surface area contributed by atoms with Crippen LogP contribution < -0.4 is 4.90 Å². The zero-order chi connectivity index (χ0) is 21.9. The molecule has 1 aromatic heterocycles. The van der Waals surface area contributed by atoms with Gasteiger partial charge in [0.1, 0.15) is 11.9 Å². The monoisotopic (exact) mass is 431 g/mol. The number of hydrogen-bond donors (Lipinski definition) is 1. The standard InChI is InChI=1S/C27H30FN3O/c28-24-5-1-20(2-6-24)9-15-30-16-11-25(12-17-30)31-18-10-21-3-4-23(19-26(21)31)27(32)22-7-13-29-14-8-22/h1-8,13-14,19,25,27,32H,9-12,15-18H2. The molecule has 5 heteroatoms. The van der Waals surface area contributed by atoms with Crippen molar-refractivity contribution in [1.82, 2.24) is 9.88 Å². The molecule has 3 heterocycles. The van der Waals surface area contributed by atoms with Gasteiger partial charge in [-0.05, 0) is 78.3 Å². The highest BCUT2D eigenvalue weighted by atomic mass is 19.1. The molecule has 0 spiro atoms. The largest absolute Gasteiger partial charge is 0.384 e. The number of fused-ring (bicyclic) bond motifs is 1. The number of hydrogen-bond acceptors (Lipinski definition) is 4. The van der Waals surface area contributed by atoms with Gasteiger partial charge in [0, 0.05) is 50.3 Å². The Morgan fingerprint density at radius 3 is 2.44 bits per heavy atom. The quantitative estimate of drug-likeness (QED) is 0.629. The summed E-state index contributed by atoms with van der Waals surface area (Å²) in [6, 6.07) is 17.6. The Hall–Kier alpha value is -2.76. The number of pyridine rings is 1. The van der Waals surface area contributed by atoms with E-state index in [-0.39, 0.29) is 5.82 Å². The molecule has 0 bridgehead atoms. The summed E-state index contributed by atoms with van der Waals surface area (Å²) in [5, 5.41) is 10.8. The number of rotatable bonds is 6. The molecule has 2 aromatic carbocycles. The van der Waals surface area contributed by atoms with Crippen molar-refractivity contribution >= 4 is 5.69 Å². The number of benzene rings is 2. The molecule has 0 saturated carbocycles. The molecule has 32 heavy (non-hydrogen) atoms. The van der Waals surface area contributed by atoms with E-state index in [4.69, 9.17) is 0 Å². The van der Waals surface area contributed by atoms with Gasteiger partial charge in [0.15, 0.2) is 0 Å². The van der Waals surface area contributed by atoms with Crippen molar-refractivity contribution in [2.24, 2.45) is 0 Å². The normalized spacial score (nSPS) is 18.0. The van der Waals surface area contributed by atoms with Crippen LogP contribution in [0.3, 0.4) is 0 Å². The number of halogens is 1. The Balaban J connectivity index is 1.21. The Morgan fingerprint density at radius 1 is 0.938 bits per heavy atom. The van der Waals surface area contributed by atoms with Gasteiger partial charge in [-0.15, -0.1) is 0 Å². The minimum absolute atomic E-state index is 0.170. The summed E-state index contributed by atoms with van der Waals surface area (Å²) in [7, 11) is 0. The molecule has 5 rings (SSSR count). The third kappa shape index (κ3) is 4.54. The fourth-order valence-electron chi connectivity index (χ4n) is 5.10. The zero-order valence-corrected chi connectivity index (χ0v) is 18.3. The van der Waals surface area contributed by atoms with Crippen LogP contribution in [0.4, 0.5) is 10.1 Å². The SMILES string of the molecule is OC(c1ccncc1)c1ccc2c(c1)N(C1CCN(CCc3ccc(F)cc3)CC1)CC2. The summed E-state index contributed by atoms with van der Waals surface area (Å²) in [5.41, 5.74) is 5.69. The van der Waals surface area contributed by atoms with E-state index in [1.54, 1.807) is 24.5 Å². The Kier molecular flexibility index (Phi) is 6.19. The summed E-state index contributed by atoms with van der Waals surface area (Å²) in [4.78, 5) is 9.15. The fraction of sp³-hybridized carbons (Fsp3) is 0.370.